The van der Waals surface area contributed by atoms with Crippen molar-refractivity contribution >= 4 is 28.9 Å². The summed E-state index contributed by atoms with van der Waals surface area (Å²) in [4.78, 5) is 22.8. The molecule has 8 heteroatoms. The maximum absolute atomic E-state index is 12.5. The lowest BCUT2D eigenvalue weighted by atomic mass is 10.2. The smallest absolute Gasteiger partial charge is 0.289 e. The zero-order valence-electron chi connectivity index (χ0n) is 13.1. The van der Waals surface area contributed by atoms with E-state index in [1.807, 2.05) is 30.3 Å². The fourth-order valence-electron chi connectivity index (χ4n) is 2.39. The second-order valence-electron chi connectivity index (χ2n) is 5.27. The Morgan fingerprint density at radius 1 is 1.24 bits per heavy atom. The molecule has 1 N–H and O–H groups in total. The van der Waals surface area contributed by atoms with Crippen LogP contribution in [0.4, 0.5) is 11.4 Å². The van der Waals surface area contributed by atoms with Crippen LogP contribution in [0.2, 0.25) is 5.02 Å². The van der Waals surface area contributed by atoms with Crippen molar-refractivity contribution in [3.8, 4) is 5.69 Å². The number of nitrogens with zero attached hydrogens (tertiary/aromatic N) is 3. The summed E-state index contributed by atoms with van der Waals surface area (Å²) in [6.07, 6.45) is 1.46. The molecule has 3 aromatic rings. The van der Waals surface area contributed by atoms with Gasteiger partial charge in [-0.2, -0.15) is 5.10 Å². The van der Waals surface area contributed by atoms with Crippen LogP contribution in [0, 0.1) is 17.0 Å². The van der Waals surface area contributed by atoms with Gasteiger partial charge in [-0.05, 0) is 31.2 Å². The van der Waals surface area contributed by atoms with Gasteiger partial charge < -0.3 is 5.32 Å². The van der Waals surface area contributed by atoms with Crippen LogP contribution in [-0.2, 0) is 0 Å². The third-order valence-corrected chi connectivity index (χ3v) is 3.98. The summed E-state index contributed by atoms with van der Waals surface area (Å²) >= 11 is 5.77. The number of benzene rings is 2. The van der Waals surface area contributed by atoms with E-state index >= 15 is 0 Å². The van der Waals surface area contributed by atoms with Crippen LogP contribution in [0.1, 0.15) is 16.1 Å². The highest BCUT2D eigenvalue weighted by Gasteiger charge is 2.18. The van der Waals surface area contributed by atoms with Gasteiger partial charge in [-0.25, -0.2) is 4.68 Å². The molecule has 0 unspecified atom stereocenters. The molecule has 126 valence electrons. The number of carbonyl (C=O) groups excluding carboxylic acids is 1. The van der Waals surface area contributed by atoms with Crippen molar-refractivity contribution < 1.29 is 9.72 Å². The molecular formula is C17H13ClN4O3. The van der Waals surface area contributed by atoms with Gasteiger partial charge in [0, 0.05) is 11.8 Å². The Morgan fingerprint density at radius 3 is 2.64 bits per heavy atom. The molecule has 3 rings (SSSR count). The first-order valence-electron chi connectivity index (χ1n) is 7.32. The topological polar surface area (TPSA) is 90.1 Å². The zero-order chi connectivity index (χ0) is 18.0. The van der Waals surface area contributed by atoms with E-state index < -0.39 is 10.8 Å². The molecular weight excluding hydrogens is 344 g/mol. The lowest BCUT2D eigenvalue weighted by Crippen LogP contribution is -2.13. The van der Waals surface area contributed by atoms with E-state index in [1.54, 1.807) is 11.6 Å². The van der Waals surface area contributed by atoms with Gasteiger partial charge in [-0.15, -0.1) is 0 Å². The van der Waals surface area contributed by atoms with Crippen LogP contribution >= 0.6 is 11.6 Å². The van der Waals surface area contributed by atoms with E-state index in [-0.39, 0.29) is 16.4 Å². The number of rotatable bonds is 4. The standard InChI is InChI=1S/C17H13ClN4O3/c1-11-14(10-19-21(11)13-5-3-2-4-6-13)17(23)20-12-7-8-15(18)16(9-12)22(24)25/h2-10H,1H3,(H,20,23). The minimum Gasteiger partial charge on any atom is -0.322 e. The maximum atomic E-state index is 12.5. The number of hydrogen-bond acceptors (Lipinski definition) is 4. The summed E-state index contributed by atoms with van der Waals surface area (Å²) in [5, 5.41) is 17.8. The number of nitrogens with one attached hydrogen (secondary N) is 1. The molecule has 0 aliphatic heterocycles. The average Bonchev–Trinajstić information content (AvgIpc) is 2.98. The summed E-state index contributed by atoms with van der Waals surface area (Å²) in [5.74, 6) is -0.406. The van der Waals surface area contributed by atoms with Gasteiger partial charge >= 0.3 is 0 Å². The van der Waals surface area contributed by atoms with E-state index in [0.29, 0.717) is 11.3 Å². The number of nitro groups is 1. The van der Waals surface area contributed by atoms with Gasteiger partial charge in [-0.1, -0.05) is 29.8 Å². The number of aromatic nitrogens is 2. The molecule has 7 nitrogen and oxygen atoms in total. The van der Waals surface area contributed by atoms with Gasteiger partial charge in [0.05, 0.1) is 28.1 Å². The first kappa shape index (κ1) is 16.7. The molecule has 0 fully saturated rings. The molecule has 0 spiro atoms. The Labute approximate surface area is 148 Å². The van der Waals surface area contributed by atoms with Crippen LogP contribution < -0.4 is 5.32 Å². The predicted octanol–water partition coefficient (Wildman–Crippen LogP) is 3.99. The van der Waals surface area contributed by atoms with Crippen molar-refractivity contribution in [1.29, 1.82) is 0 Å². The largest absolute Gasteiger partial charge is 0.322 e. The number of halogens is 1. The third kappa shape index (κ3) is 3.36. The summed E-state index contributed by atoms with van der Waals surface area (Å²) in [5.41, 5.74) is 1.89. The van der Waals surface area contributed by atoms with E-state index in [4.69, 9.17) is 11.6 Å². The lowest BCUT2D eigenvalue weighted by molar-refractivity contribution is -0.384. The van der Waals surface area contributed by atoms with Crippen LogP contribution in [0.5, 0.6) is 0 Å². The van der Waals surface area contributed by atoms with E-state index in [1.165, 1.54) is 24.4 Å². The third-order valence-electron chi connectivity index (χ3n) is 3.66. The summed E-state index contributed by atoms with van der Waals surface area (Å²) in [6, 6.07) is 13.5. The second-order valence-corrected chi connectivity index (χ2v) is 5.68. The molecule has 0 atom stereocenters. The molecule has 0 aliphatic rings. The number of hydrogen-bond donors (Lipinski definition) is 1. The Balaban J connectivity index is 1.87. The molecule has 25 heavy (non-hydrogen) atoms. The van der Waals surface area contributed by atoms with Gasteiger partial charge in [0.25, 0.3) is 11.6 Å². The van der Waals surface area contributed by atoms with Crippen LogP contribution in [0.15, 0.2) is 54.7 Å². The minimum absolute atomic E-state index is 0.0103. The monoisotopic (exact) mass is 356 g/mol. The highest BCUT2D eigenvalue weighted by atomic mass is 35.5. The highest BCUT2D eigenvalue weighted by molar-refractivity contribution is 6.32. The van der Waals surface area contributed by atoms with Crippen molar-refractivity contribution in [3.63, 3.8) is 0 Å². The maximum Gasteiger partial charge on any atom is 0.289 e. The predicted molar refractivity (Wildman–Crippen MR) is 94.4 cm³/mol. The lowest BCUT2D eigenvalue weighted by Gasteiger charge is -2.07. The number of amides is 1. The molecule has 1 amide bonds. The van der Waals surface area contributed by atoms with Crippen molar-refractivity contribution in [2.24, 2.45) is 0 Å². The molecule has 2 aromatic carbocycles. The SMILES string of the molecule is Cc1c(C(=O)Nc2ccc(Cl)c([N+](=O)[O-])c2)cnn1-c1ccccc1. The van der Waals surface area contributed by atoms with E-state index in [9.17, 15) is 14.9 Å². The number of para-hydroxylation sites is 1. The van der Waals surface area contributed by atoms with Gasteiger partial charge in [0.15, 0.2) is 0 Å². The van der Waals surface area contributed by atoms with Gasteiger partial charge in [-0.3, -0.25) is 14.9 Å². The van der Waals surface area contributed by atoms with Crippen LogP contribution in [0.25, 0.3) is 5.69 Å². The van der Waals surface area contributed by atoms with Gasteiger partial charge in [0.2, 0.25) is 0 Å². The number of anilines is 1. The Bertz CT molecular complexity index is 954. The molecule has 1 aromatic heterocycles. The Kier molecular flexibility index (Phi) is 4.49. The minimum atomic E-state index is -0.601. The van der Waals surface area contributed by atoms with Crippen molar-refractivity contribution in [3.05, 3.63) is 81.1 Å². The van der Waals surface area contributed by atoms with Crippen molar-refractivity contribution in [2.45, 2.75) is 6.92 Å². The van der Waals surface area contributed by atoms with E-state index in [0.717, 1.165) is 5.69 Å². The normalized spacial score (nSPS) is 10.5. The summed E-state index contributed by atoms with van der Waals surface area (Å²) in [7, 11) is 0. The number of nitro benzene ring substituents is 1. The summed E-state index contributed by atoms with van der Waals surface area (Å²) < 4.78 is 1.65. The number of carbonyl (C=O) groups is 1. The molecule has 0 bridgehead atoms. The zero-order valence-corrected chi connectivity index (χ0v) is 13.9. The highest BCUT2D eigenvalue weighted by Crippen LogP contribution is 2.27. The quantitative estimate of drug-likeness (QED) is 0.565. The van der Waals surface area contributed by atoms with E-state index in [2.05, 4.69) is 10.4 Å². The Morgan fingerprint density at radius 2 is 1.96 bits per heavy atom. The summed E-state index contributed by atoms with van der Waals surface area (Å²) in [6.45, 7) is 1.78. The first-order valence-corrected chi connectivity index (χ1v) is 7.70. The Hall–Kier alpha value is -3.19. The average molecular weight is 357 g/mol. The van der Waals surface area contributed by atoms with Gasteiger partial charge in [0.1, 0.15) is 5.02 Å². The fraction of sp³-hybridized carbons (Fsp3) is 0.0588. The van der Waals surface area contributed by atoms with Crippen LogP contribution in [0.3, 0.4) is 0 Å². The first-order chi connectivity index (χ1) is 12.0. The van der Waals surface area contributed by atoms with Crippen molar-refractivity contribution in [2.75, 3.05) is 5.32 Å². The molecule has 0 aliphatic carbocycles. The molecule has 0 radical (unpaired) electrons. The fourth-order valence-corrected chi connectivity index (χ4v) is 2.58. The molecule has 0 saturated heterocycles. The van der Waals surface area contributed by atoms with Crippen LogP contribution in [-0.4, -0.2) is 20.6 Å². The molecule has 1 heterocycles. The van der Waals surface area contributed by atoms with Crippen molar-refractivity contribution in [1.82, 2.24) is 9.78 Å². The second kappa shape index (κ2) is 6.74. The molecule has 0 saturated carbocycles.